The standard InChI is InChI=1S/C13H19N5O/c1-2-18-7-6-14-13(18)12-11(4-8-19-12)15-9-10-3-5-16-17-10/h3,5-7,11-12,15H,2,4,8-9H2,1H3,(H,16,17)/t11-,12-/m0/s1. The van der Waals surface area contributed by atoms with Gasteiger partial charge in [0.1, 0.15) is 11.9 Å². The maximum atomic E-state index is 5.85. The van der Waals surface area contributed by atoms with Gasteiger partial charge in [0.2, 0.25) is 0 Å². The zero-order chi connectivity index (χ0) is 13.1. The smallest absolute Gasteiger partial charge is 0.139 e. The fourth-order valence-electron chi connectivity index (χ4n) is 2.52. The Labute approximate surface area is 112 Å². The van der Waals surface area contributed by atoms with E-state index >= 15 is 0 Å². The van der Waals surface area contributed by atoms with E-state index in [0.29, 0.717) is 6.04 Å². The lowest BCUT2D eigenvalue weighted by atomic mass is 10.1. The first-order chi connectivity index (χ1) is 9.38. The van der Waals surface area contributed by atoms with Gasteiger partial charge in [-0.25, -0.2) is 4.98 Å². The summed E-state index contributed by atoms with van der Waals surface area (Å²) in [5.74, 6) is 1.02. The number of imidazole rings is 1. The summed E-state index contributed by atoms with van der Waals surface area (Å²) in [6.45, 7) is 4.59. The molecule has 3 rings (SSSR count). The van der Waals surface area contributed by atoms with E-state index in [2.05, 4.69) is 32.0 Å². The fraction of sp³-hybridized carbons (Fsp3) is 0.538. The van der Waals surface area contributed by atoms with Gasteiger partial charge in [-0.2, -0.15) is 5.10 Å². The van der Waals surface area contributed by atoms with E-state index < -0.39 is 0 Å². The third-order valence-electron chi connectivity index (χ3n) is 3.55. The molecule has 3 heterocycles. The van der Waals surface area contributed by atoms with Crippen molar-refractivity contribution >= 4 is 0 Å². The first-order valence-corrected chi connectivity index (χ1v) is 6.72. The Kier molecular flexibility index (Phi) is 3.61. The predicted molar refractivity (Wildman–Crippen MR) is 70.4 cm³/mol. The zero-order valence-electron chi connectivity index (χ0n) is 11.0. The highest BCUT2D eigenvalue weighted by Gasteiger charge is 2.32. The molecule has 1 aliphatic rings. The SMILES string of the molecule is CCn1ccnc1[C@H]1OCC[C@@H]1NCc1ccn[nH]1. The molecule has 102 valence electrons. The van der Waals surface area contributed by atoms with Gasteiger partial charge in [0.05, 0.1) is 0 Å². The van der Waals surface area contributed by atoms with Gasteiger partial charge in [0, 0.05) is 50.0 Å². The van der Waals surface area contributed by atoms with Crippen LogP contribution < -0.4 is 5.32 Å². The quantitative estimate of drug-likeness (QED) is 0.850. The number of nitrogens with one attached hydrogen (secondary N) is 2. The highest BCUT2D eigenvalue weighted by molar-refractivity contribution is 5.04. The summed E-state index contributed by atoms with van der Waals surface area (Å²) in [6.07, 6.45) is 6.66. The maximum absolute atomic E-state index is 5.85. The van der Waals surface area contributed by atoms with Gasteiger partial charge in [-0.1, -0.05) is 0 Å². The highest BCUT2D eigenvalue weighted by Crippen LogP contribution is 2.28. The average Bonchev–Trinajstić information content (AvgIpc) is 3.16. The Morgan fingerprint density at radius 2 is 2.47 bits per heavy atom. The molecule has 2 atom stereocenters. The molecule has 0 unspecified atom stereocenters. The molecule has 0 bridgehead atoms. The van der Waals surface area contributed by atoms with Crippen LogP contribution in [-0.2, 0) is 17.8 Å². The first-order valence-electron chi connectivity index (χ1n) is 6.72. The van der Waals surface area contributed by atoms with E-state index in [1.54, 1.807) is 6.20 Å². The van der Waals surface area contributed by atoms with Crippen LogP contribution in [0.25, 0.3) is 0 Å². The zero-order valence-corrected chi connectivity index (χ0v) is 11.0. The summed E-state index contributed by atoms with van der Waals surface area (Å²) in [6, 6.07) is 2.28. The molecule has 1 fully saturated rings. The van der Waals surface area contributed by atoms with Crippen LogP contribution in [0.1, 0.15) is 31.0 Å². The van der Waals surface area contributed by atoms with Gasteiger partial charge in [-0.3, -0.25) is 5.10 Å². The van der Waals surface area contributed by atoms with Crippen molar-refractivity contribution in [1.82, 2.24) is 25.1 Å². The summed E-state index contributed by atoms with van der Waals surface area (Å²) in [4.78, 5) is 4.44. The lowest BCUT2D eigenvalue weighted by molar-refractivity contribution is 0.0885. The fourth-order valence-corrected chi connectivity index (χ4v) is 2.52. The maximum Gasteiger partial charge on any atom is 0.139 e. The first kappa shape index (κ1) is 12.4. The Hall–Kier alpha value is -1.66. The largest absolute Gasteiger partial charge is 0.369 e. The van der Waals surface area contributed by atoms with Crippen LogP contribution in [0.4, 0.5) is 0 Å². The molecule has 2 aromatic rings. The molecule has 0 spiro atoms. The van der Waals surface area contributed by atoms with E-state index in [1.165, 1.54) is 0 Å². The normalized spacial score (nSPS) is 23.0. The van der Waals surface area contributed by atoms with Crippen LogP contribution in [0, 0.1) is 0 Å². The van der Waals surface area contributed by atoms with Crippen molar-refractivity contribution in [3.63, 3.8) is 0 Å². The van der Waals surface area contributed by atoms with Gasteiger partial charge in [-0.15, -0.1) is 0 Å². The molecule has 6 heteroatoms. The van der Waals surface area contributed by atoms with Crippen molar-refractivity contribution in [2.75, 3.05) is 6.61 Å². The van der Waals surface area contributed by atoms with Gasteiger partial charge in [0.25, 0.3) is 0 Å². The summed E-state index contributed by atoms with van der Waals surface area (Å²) in [7, 11) is 0. The highest BCUT2D eigenvalue weighted by atomic mass is 16.5. The molecular weight excluding hydrogens is 242 g/mol. The van der Waals surface area contributed by atoms with Crippen molar-refractivity contribution in [1.29, 1.82) is 0 Å². The molecule has 1 saturated heterocycles. The lowest BCUT2D eigenvalue weighted by Gasteiger charge is -2.20. The van der Waals surface area contributed by atoms with Crippen LogP contribution in [0.2, 0.25) is 0 Å². The number of hydrogen-bond donors (Lipinski definition) is 2. The number of ether oxygens (including phenoxy) is 1. The molecular formula is C13H19N5O. The number of aryl methyl sites for hydroxylation is 1. The third kappa shape index (κ3) is 2.54. The molecule has 1 aliphatic heterocycles. The van der Waals surface area contributed by atoms with E-state index in [-0.39, 0.29) is 6.10 Å². The van der Waals surface area contributed by atoms with Crippen LogP contribution in [0.15, 0.2) is 24.7 Å². The summed E-state index contributed by atoms with van der Waals surface area (Å²) < 4.78 is 7.99. The summed E-state index contributed by atoms with van der Waals surface area (Å²) in [5, 5.41) is 10.4. The van der Waals surface area contributed by atoms with Gasteiger partial charge >= 0.3 is 0 Å². The second-order valence-electron chi connectivity index (χ2n) is 4.72. The molecule has 0 radical (unpaired) electrons. The van der Waals surface area contributed by atoms with Crippen molar-refractivity contribution in [2.24, 2.45) is 0 Å². The molecule has 0 aromatic carbocycles. The summed E-state index contributed by atoms with van der Waals surface area (Å²) in [5.41, 5.74) is 1.09. The number of H-pyrrole nitrogens is 1. The Morgan fingerprint density at radius 1 is 1.53 bits per heavy atom. The predicted octanol–water partition coefficient (Wildman–Crippen LogP) is 1.25. The van der Waals surface area contributed by atoms with Crippen molar-refractivity contribution < 1.29 is 4.74 Å². The number of nitrogens with zero attached hydrogens (tertiary/aromatic N) is 3. The number of rotatable bonds is 5. The molecule has 2 aromatic heterocycles. The average molecular weight is 261 g/mol. The molecule has 0 amide bonds. The van der Waals surface area contributed by atoms with Crippen molar-refractivity contribution in [3.05, 3.63) is 36.2 Å². The van der Waals surface area contributed by atoms with E-state index in [0.717, 1.165) is 37.6 Å². The molecule has 6 nitrogen and oxygen atoms in total. The summed E-state index contributed by atoms with van der Waals surface area (Å²) >= 11 is 0. The molecule has 0 saturated carbocycles. The van der Waals surface area contributed by atoms with Gasteiger partial charge < -0.3 is 14.6 Å². The van der Waals surface area contributed by atoms with E-state index in [1.807, 2.05) is 18.5 Å². The third-order valence-corrected chi connectivity index (χ3v) is 3.55. The minimum Gasteiger partial charge on any atom is -0.369 e. The minimum atomic E-state index is 0.0397. The van der Waals surface area contributed by atoms with Crippen LogP contribution in [-0.4, -0.2) is 32.4 Å². The van der Waals surface area contributed by atoms with Crippen LogP contribution in [0.5, 0.6) is 0 Å². The topological polar surface area (TPSA) is 67.8 Å². The van der Waals surface area contributed by atoms with E-state index in [9.17, 15) is 0 Å². The lowest BCUT2D eigenvalue weighted by Crippen LogP contribution is -2.32. The van der Waals surface area contributed by atoms with E-state index in [4.69, 9.17) is 4.74 Å². The Balaban J connectivity index is 1.67. The van der Waals surface area contributed by atoms with Gasteiger partial charge in [0.15, 0.2) is 0 Å². The van der Waals surface area contributed by atoms with Crippen molar-refractivity contribution in [2.45, 2.75) is 38.6 Å². The number of aromatic nitrogens is 4. The van der Waals surface area contributed by atoms with Gasteiger partial charge in [-0.05, 0) is 19.4 Å². The Morgan fingerprint density at radius 3 is 3.26 bits per heavy atom. The van der Waals surface area contributed by atoms with Crippen LogP contribution in [0.3, 0.4) is 0 Å². The minimum absolute atomic E-state index is 0.0397. The van der Waals surface area contributed by atoms with Crippen molar-refractivity contribution in [3.8, 4) is 0 Å². The number of hydrogen-bond acceptors (Lipinski definition) is 4. The molecule has 2 N–H and O–H groups in total. The monoisotopic (exact) mass is 261 g/mol. The molecule has 0 aliphatic carbocycles. The molecule has 19 heavy (non-hydrogen) atoms. The second-order valence-corrected chi connectivity index (χ2v) is 4.72. The van der Waals surface area contributed by atoms with Crippen LogP contribution >= 0.6 is 0 Å². The Bertz CT molecular complexity index is 507. The second kappa shape index (κ2) is 5.54. The number of aromatic amines is 1.